The lowest BCUT2D eigenvalue weighted by Gasteiger charge is -2.48. The summed E-state index contributed by atoms with van der Waals surface area (Å²) in [4.78, 5) is 13.0. The molecule has 1 atom stereocenters. The van der Waals surface area contributed by atoms with Gasteiger partial charge in [0.1, 0.15) is 0 Å². The van der Waals surface area contributed by atoms with E-state index in [0.717, 1.165) is 65.2 Å². The maximum absolute atomic E-state index is 13.0. The molecule has 0 amide bonds. The lowest BCUT2D eigenvalue weighted by Crippen LogP contribution is -2.42. The fourth-order valence-electron chi connectivity index (χ4n) is 4.03. The standard InChI is InChI=1S/C14H32N7OP3/c1-5-18-11-9-12-19(6-2)24(18)15-23(22)16-25(17-24)20(7-3)13-10-14-21(25)8-4/h5-14H2,1-4H3. The second-order valence-electron chi connectivity index (χ2n) is 6.49. The Morgan fingerprint density at radius 3 is 1.56 bits per heavy atom. The van der Waals surface area contributed by atoms with Gasteiger partial charge in [-0.05, 0) is 21.9 Å². The second-order valence-corrected chi connectivity index (χ2v) is 13.5. The number of hydrogen-bond acceptors (Lipinski definition) is 8. The van der Waals surface area contributed by atoms with Crippen LogP contribution in [0, 0.1) is 0 Å². The molecule has 144 valence electrons. The highest BCUT2D eigenvalue weighted by Crippen LogP contribution is 2.77. The van der Waals surface area contributed by atoms with E-state index in [9.17, 15) is 4.89 Å². The largest absolute Gasteiger partial charge is 0.588 e. The van der Waals surface area contributed by atoms with Gasteiger partial charge in [0.2, 0.25) is 0 Å². The first-order chi connectivity index (χ1) is 12.1. The minimum absolute atomic E-state index is 0.901. The van der Waals surface area contributed by atoms with Crippen molar-refractivity contribution in [1.82, 2.24) is 18.7 Å². The van der Waals surface area contributed by atoms with Gasteiger partial charge in [0.05, 0.1) is 0 Å². The first-order valence-corrected chi connectivity index (χ1v) is 13.9. The van der Waals surface area contributed by atoms with Gasteiger partial charge in [0.25, 0.3) is 15.0 Å². The normalized spacial score (nSPS) is 29.4. The maximum atomic E-state index is 13.0. The topological polar surface area (TPSA) is 73.1 Å². The van der Waals surface area contributed by atoms with Gasteiger partial charge in [0.15, 0.2) is 0 Å². The van der Waals surface area contributed by atoms with E-state index in [2.05, 4.69) is 46.4 Å². The average Bonchev–Trinajstić information content (AvgIpc) is 2.61. The second kappa shape index (κ2) is 8.16. The van der Waals surface area contributed by atoms with Crippen molar-refractivity contribution >= 4 is 23.1 Å². The quantitative estimate of drug-likeness (QED) is 0.662. The van der Waals surface area contributed by atoms with Crippen LogP contribution in [-0.2, 0) is 0 Å². The van der Waals surface area contributed by atoms with Gasteiger partial charge in [0, 0.05) is 52.4 Å². The van der Waals surface area contributed by atoms with Gasteiger partial charge < -0.3 is 4.89 Å². The van der Waals surface area contributed by atoms with Crippen molar-refractivity contribution in [1.29, 1.82) is 0 Å². The molecule has 2 fully saturated rings. The van der Waals surface area contributed by atoms with Crippen LogP contribution in [0.5, 0.6) is 0 Å². The van der Waals surface area contributed by atoms with Crippen molar-refractivity contribution in [2.75, 3.05) is 52.4 Å². The minimum atomic E-state index is -2.29. The van der Waals surface area contributed by atoms with E-state index in [1.165, 1.54) is 0 Å². The predicted octanol–water partition coefficient (Wildman–Crippen LogP) is 3.84. The summed E-state index contributed by atoms with van der Waals surface area (Å²) in [5, 5.41) is 0. The molecule has 3 aliphatic heterocycles. The molecule has 0 aromatic carbocycles. The lowest BCUT2D eigenvalue weighted by molar-refractivity contribution is -0.155. The van der Waals surface area contributed by atoms with Crippen molar-refractivity contribution in [3.05, 3.63) is 0 Å². The maximum Gasteiger partial charge on any atom is 0.328 e. The van der Waals surface area contributed by atoms with Crippen molar-refractivity contribution in [3.8, 4) is 0 Å². The summed E-state index contributed by atoms with van der Waals surface area (Å²) < 4.78 is 24.7. The van der Waals surface area contributed by atoms with Gasteiger partial charge in [-0.15, -0.1) is 0 Å². The molecule has 2 saturated heterocycles. The Hall–Kier alpha value is 0.360. The fraction of sp³-hybridized carbons (Fsp3) is 1.00. The summed E-state index contributed by atoms with van der Waals surface area (Å²) in [6, 6.07) is 0. The SMILES string of the molecule is CCN1CCCN(CC)P12=N[P+]([O-])=NP1(=N2)N(CC)CCCN1CC. The Labute approximate surface area is 153 Å². The number of rotatable bonds is 4. The number of nitrogens with zero attached hydrogens (tertiary/aromatic N) is 7. The van der Waals surface area contributed by atoms with E-state index in [1.807, 2.05) is 0 Å². The Kier molecular flexibility index (Phi) is 6.56. The molecule has 3 heterocycles. The highest BCUT2D eigenvalue weighted by atomic mass is 31.2. The molecule has 0 aromatic rings. The van der Waals surface area contributed by atoms with E-state index in [1.54, 1.807) is 0 Å². The van der Waals surface area contributed by atoms with Crippen LogP contribution in [0.4, 0.5) is 0 Å². The molecule has 0 aromatic heterocycles. The van der Waals surface area contributed by atoms with Gasteiger partial charge in [-0.1, -0.05) is 27.7 Å². The Morgan fingerprint density at radius 2 is 1.16 bits per heavy atom. The molecule has 0 N–H and O–H groups in total. The van der Waals surface area contributed by atoms with Crippen LogP contribution in [0.1, 0.15) is 40.5 Å². The van der Waals surface area contributed by atoms with E-state index in [0.29, 0.717) is 0 Å². The molecule has 0 aliphatic carbocycles. The van der Waals surface area contributed by atoms with Crippen LogP contribution in [0.15, 0.2) is 13.5 Å². The first-order valence-electron chi connectivity index (χ1n) is 9.54. The zero-order valence-electron chi connectivity index (χ0n) is 16.0. The monoisotopic (exact) mass is 407 g/mol. The van der Waals surface area contributed by atoms with Gasteiger partial charge >= 0.3 is 8.09 Å². The van der Waals surface area contributed by atoms with Crippen LogP contribution in [0.3, 0.4) is 0 Å². The highest BCUT2D eigenvalue weighted by molar-refractivity contribution is 7.78. The zero-order chi connectivity index (χ0) is 18.1. The summed E-state index contributed by atoms with van der Waals surface area (Å²) in [5.41, 5.74) is 0. The predicted molar refractivity (Wildman–Crippen MR) is 106 cm³/mol. The third-order valence-electron chi connectivity index (χ3n) is 5.28. The summed E-state index contributed by atoms with van der Waals surface area (Å²) in [6.07, 6.45) is 2.26. The zero-order valence-corrected chi connectivity index (χ0v) is 18.6. The van der Waals surface area contributed by atoms with Crippen molar-refractivity contribution in [3.63, 3.8) is 0 Å². The number of hydrogen-bond donors (Lipinski definition) is 0. The summed E-state index contributed by atoms with van der Waals surface area (Å²) in [5.74, 6) is 0. The van der Waals surface area contributed by atoms with E-state index in [-0.39, 0.29) is 0 Å². The van der Waals surface area contributed by atoms with Gasteiger partial charge in [-0.3, -0.25) is 0 Å². The van der Waals surface area contributed by atoms with Crippen LogP contribution in [-0.4, -0.2) is 71.0 Å². The summed E-state index contributed by atoms with van der Waals surface area (Å²) in [6.45, 7) is 16.3. The van der Waals surface area contributed by atoms with Crippen LogP contribution in [0.25, 0.3) is 0 Å². The van der Waals surface area contributed by atoms with Gasteiger partial charge in [-0.2, -0.15) is 4.52 Å². The molecule has 0 radical (unpaired) electrons. The van der Waals surface area contributed by atoms with E-state index in [4.69, 9.17) is 13.5 Å². The van der Waals surface area contributed by atoms with Crippen LogP contribution >= 0.6 is 23.1 Å². The molecule has 3 aliphatic rings. The third kappa shape index (κ3) is 3.34. The molecular formula is C14H32N7OP3. The highest BCUT2D eigenvalue weighted by Gasteiger charge is 2.49. The molecule has 2 spiro atoms. The average molecular weight is 407 g/mol. The lowest BCUT2D eigenvalue weighted by atomic mass is 10.4. The van der Waals surface area contributed by atoms with Crippen LogP contribution < -0.4 is 4.89 Å². The smallest absolute Gasteiger partial charge is 0.328 e. The van der Waals surface area contributed by atoms with Crippen molar-refractivity contribution in [2.24, 2.45) is 13.5 Å². The summed E-state index contributed by atoms with van der Waals surface area (Å²) >= 11 is 0. The van der Waals surface area contributed by atoms with Crippen LogP contribution in [0.2, 0.25) is 0 Å². The molecule has 11 heteroatoms. The van der Waals surface area contributed by atoms with Crippen molar-refractivity contribution < 1.29 is 4.89 Å². The summed E-state index contributed by atoms with van der Waals surface area (Å²) in [7, 11) is -6.51. The first kappa shape index (κ1) is 20.1. The third-order valence-corrected chi connectivity index (χ3v) is 15.3. The molecule has 8 nitrogen and oxygen atoms in total. The molecule has 25 heavy (non-hydrogen) atoms. The Morgan fingerprint density at radius 1 is 0.760 bits per heavy atom. The fourth-order valence-corrected chi connectivity index (χ4v) is 15.8. The molecule has 0 bridgehead atoms. The Bertz CT molecular complexity index is 576. The Balaban J connectivity index is 2.25. The van der Waals surface area contributed by atoms with E-state index < -0.39 is 23.1 Å². The molecule has 3 rings (SSSR count). The van der Waals surface area contributed by atoms with E-state index >= 15 is 0 Å². The molecule has 0 saturated carbocycles. The van der Waals surface area contributed by atoms with Crippen molar-refractivity contribution in [2.45, 2.75) is 40.5 Å². The minimum Gasteiger partial charge on any atom is -0.588 e. The molecular weight excluding hydrogens is 375 g/mol. The molecule has 1 unspecified atom stereocenters. The van der Waals surface area contributed by atoms with Gasteiger partial charge in [-0.25, -0.2) is 18.7 Å².